The number of halogens is 5. The molecule has 7 nitrogen and oxygen atoms in total. The number of nitrogens with zero attached hydrogens (tertiary/aromatic N) is 1. The number of ketones is 1. The fraction of sp³-hybridized carbons (Fsp3) is 0.552. The molecule has 0 bridgehead atoms. The zero-order valence-corrected chi connectivity index (χ0v) is 25.0. The molecular formula is C29H33F5N2O5S2. The Labute approximate surface area is 247 Å². The minimum atomic E-state index is -5.18. The molecule has 2 aliphatic carbocycles. The second kappa shape index (κ2) is 10.9. The van der Waals surface area contributed by atoms with Crippen molar-refractivity contribution in [2.24, 2.45) is 22.9 Å². The summed E-state index contributed by atoms with van der Waals surface area (Å²) in [5.41, 5.74) is -3.69. The number of benzene rings is 2. The van der Waals surface area contributed by atoms with Gasteiger partial charge in [0.25, 0.3) is 10.2 Å². The summed E-state index contributed by atoms with van der Waals surface area (Å²) in [5.74, 6) is -2.10. The van der Waals surface area contributed by atoms with Crippen LogP contribution in [0.5, 0.6) is 0 Å². The quantitative estimate of drug-likeness (QED) is 0.332. The van der Waals surface area contributed by atoms with Crippen LogP contribution in [-0.4, -0.2) is 46.2 Å². The fourth-order valence-corrected chi connectivity index (χ4v) is 10.6. The number of alkyl halides is 4. The maximum atomic E-state index is 14.9. The van der Waals surface area contributed by atoms with Gasteiger partial charge in [0.05, 0.1) is 4.90 Å². The van der Waals surface area contributed by atoms with E-state index in [1.54, 1.807) is 0 Å². The first kappa shape index (κ1) is 32.0. The molecule has 0 aromatic heterocycles. The van der Waals surface area contributed by atoms with Crippen LogP contribution in [0.3, 0.4) is 0 Å². The van der Waals surface area contributed by atoms with E-state index in [0.29, 0.717) is 31.7 Å². The lowest BCUT2D eigenvalue weighted by molar-refractivity contribution is -0.228. The molecule has 0 radical (unpaired) electrons. The molecule has 1 saturated heterocycles. The second-order valence-corrected chi connectivity index (χ2v) is 15.8. The Morgan fingerprint density at radius 1 is 0.977 bits per heavy atom. The smallest absolute Gasteiger partial charge is 0.299 e. The van der Waals surface area contributed by atoms with Crippen LogP contribution in [0.1, 0.15) is 62.1 Å². The Morgan fingerprint density at radius 3 is 2.19 bits per heavy atom. The van der Waals surface area contributed by atoms with E-state index >= 15 is 0 Å². The van der Waals surface area contributed by atoms with Crippen LogP contribution in [0.2, 0.25) is 0 Å². The highest BCUT2D eigenvalue weighted by Crippen LogP contribution is 2.60. The number of sulfone groups is 1. The van der Waals surface area contributed by atoms with E-state index in [9.17, 15) is 43.6 Å². The Balaban J connectivity index is 1.51. The van der Waals surface area contributed by atoms with Crippen molar-refractivity contribution in [2.75, 3.05) is 13.1 Å². The fourth-order valence-electron chi connectivity index (χ4n) is 7.35. The summed E-state index contributed by atoms with van der Waals surface area (Å²) in [6.45, 7) is 0.636. The van der Waals surface area contributed by atoms with Crippen LogP contribution < -0.4 is 5.14 Å². The predicted octanol–water partition coefficient (Wildman–Crippen LogP) is 5.09. The number of hydrogen-bond donors (Lipinski definition) is 1. The van der Waals surface area contributed by atoms with E-state index in [-0.39, 0.29) is 60.9 Å². The molecule has 2 fully saturated rings. The monoisotopic (exact) mass is 648 g/mol. The largest absolute Gasteiger partial charge is 0.426 e. The van der Waals surface area contributed by atoms with Crippen LogP contribution in [0.25, 0.3) is 0 Å². The van der Waals surface area contributed by atoms with Gasteiger partial charge in [-0.3, -0.25) is 4.79 Å². The van der Waals surface area contributed by atoms with Gasteiger partial charge in [0.15, 0.2) is 9.84 Å². The van der Waals surface area contributed by atoms with Gasteiger partial charge in [-0.25, -0.2) is 22.3 Å². The highest BCUT2D eigenvalue weighted by molar-refractivity contribution is 7.92. The Morgan fingerprint density at radius 2 is 1.60 bits per heavy atom. The van der Waals surface area contributed by atoms with E-state index < -0.39 is 59.9 Å². The topological polar surface area (TPSA) is 115 Å². The first-order chi connectivity index (χ1) is 19.9. The van der Waals surface area contributed by atoms with Gasteiger partial charge >= 0.3 is 6.18 Å². The number of carbonyl (C=O) groups is 1. The molecule has 2 aromatic carbocycles. The third kappa shape index (κ3) is 5.42. The second-order valence-electron chi connectivity index (χ2n) is 12.1. The first-order valence-electron chi connectivity index (χ1n) is 14.1. The SMILES string of the molecule is CC(F)(c1ccc2c(c1)CC[C@H]1[C@H](CC(=O)C3CCN(S(N)(=O)=O)CC3)CC[C@@]21S(=O)(=O)c1ccc(F)cc1)C(F)(F)F. The van der Waals surface area contributed by atoms with Crippen molar-refractivity contribution in [2.45, 2.75) is 73.4 Å². The summed E-state index contributed by atoms with van der Waals surface area (Å²) in [7, 11) is -8.14. The van der Waals surface area contributed by atoms with Crippen molar-refractivity contribution in [1.29, 1.82) is 0 Å². The van der Waals surface area contributed by atoms with Gasteiger partial charge in [-0.1, -0.05) is 18.2 Å². The lowest BCUT2D eigenvalue weighted by atomic mass is 9.71. The number of nitrogens with two attached hydrogens (primary N) is 1. The van der Waals surface area contributed by atoms with Gasteiger partial charge in [0.2, 0.25) is 5.67 Å². The van der Waals surface area contributed by atoms with Gasteiger partial charge in [-0.05, 0) is 98.2 Å². The summed E-state index contributed by atoms with van der Waals surface area (Å²) >= 11 is 0. The third-order valence-corrected chi connectivity index (χ3v) is 13.4. The number of piperidine rings is 1. The molecule has 236 valence electrons. The van der Waals surface area contributed by atoms with Crippen molar-refractivity contribution < 1.29 is 43.6 Å². The van der Waals surface area contributed by atoms with E-state index in [0.717, 1.165) is 40.7 Å². The van der Waals surface area contributed by atoms with Crippen LogP contribution in [0, 0.1) is 23.6 Å². The number of fused-ring (bicyclic) bond motifs is 3. The van der Waals surface area contributed by atoms with Gasteiger partial charge in [-0.2, -0.15) is 25.9 Å². The number of rotatable bonds is 7. The normalized spacial score (nSPS) is 26.9. The molecule has 1 unspecified atom stereocenters. The van der Waals surface area contributed by atoms with E-state index in [1.807, 2.05) is 0 Å². The van der Waals surface area contributed by atoms with Crippen molar-refractivity contribution in [3.8, 4) is 0 Å². The molecule has 1 saturated carbocycles. The van der Waals surface area contributed by atoms with Crippen LogP contribution in [0.15, 0.2) is 47.4 Å². The minimum absolute atomic E-state index is 0.0649. The van der Waals surface area contributed by atoms with E-state index in [2.05, 4.69) is 0 Å². The minimum Gasteiger partial charge on any atom is -0.299 e. The summed E-state index contributed by atoms with van der Waals surface area (Å²) in [6, 6.07) is 7.69. The Kier molecular flexibility index (Phi) is 8.09. The van der Waals surface area contributed by atoms with Crippen LogP contribution in [-0.2, 0) is 41.7 Å². The van der Waals surface area contributed by atoms with Crippen molar-refractivity contribution in [3.05, 3.63) is 65.0 Å². The molecule has 0 spiro atoms. The summed E-state index contributed by atoms with van der Waals surface area (Å²) < 4.78 is 121. The van der Waals surface area contributed by atoms with Crippen molar-refractivity contribution in [3.63, 3.8) is 0 Å². The molecule has 0 amide bonds. The van der Waals surface area contributed by atoms with Crippen LogP contribution in [0.4, 0.5) is 22.0 Å². The van der Waals surface area contributed by atoms with Crippen LogP contribution >= 0.6 is 0 Å². The molecule has 1 aliphatic heterocycles. The van der Waals surface area contributed by atoms with Crippen molar-refractivity contribution >= 4 is 25.8 Å². The van der Waals surface area contributed by atoms with Gasteiger partial charge in [0, 0.05) is 25.4 Å². The maximum Gasteiger partial charge on any atom is 0.426 e. The van der Waals surface area contributed by atoms with E-state index in [4.69, 9.17) is 5.14 Å². The van der Waals surface area contributed by atoms with Gasteiger partial charge in [-0.15, -0.1) is 0 Å². The van der Waals surface area contributed by atoms with E-state index in [1.165, 1.54) is 6.07 Å². The predicted molar refractivity (Wildman–Crippen MR) is 148 cm³/mol. The summed E-state index contributed by atoms with van der Waals surface area (Å²) in [4.78, 5) is 13.3. The number of Topliss-reactive ketones (excluding diaryl/α,β-unsaturated/α-hetero) is 1. The molecule has 1 heterocycles. The molecule has 2 N–H and O–H groups in total. The molecule has 43 heavy (non-hydrogen) atoms. The summed E-state index contributed by atoms with van der Waals surface area (Å²) in [6.07, 6.45) is -3.67. The van der Waals surface area contributed by atoms with Gasteiger partial charge in [0.1, 0.15) is 16.3 Å². The molecule has 14 heteroatoms. The first-order valence-corrected chi connectivity index (χ1v) is 17.1. The molecular weight excluding hydrogens is 615 g/mol. The number of aryl methyl sites for hydroxylation is 1. The molecule has 3 aliphatic rings. The third-order valence-electron chi connectivity index (χ3n) is 9.75. The van der Waals surface area contributed by atoms with Crippen molar-refractivity contribution in [1.82, 2.24) is 4.31 Å². The average molecular weight is 649 g/mol. The zero-order valence-electron chi connectivity index (χ0n) is 23.4. The standard InChI is InChI=1S/C29H33F5N2O5S2/c1-27(31,29(32,33)34)21-3-9-25-19(16-21)2-8-24-20(17-26(37)18-11-14-36(15-12-18)43(35,40)41)10-13-28(24,25)42(38,39)23-6-4-22(30)5-7-23/h3-7,9,16,18,20,24H,2,8,10-15,17H2,1H3,(H2,35,40,41)/t20-,24-,27?,28-/m0/s1. The highest BCUT2D eigenvalue weighted by atomic mass is 32.2. The molecule has 5 rings (SSSR count). The Bertz CT molecular complexity index is 1620. The van der Waals surface area contributed by atoms with Gasteiger partial charge < -0.3 is 0 Å². The zero-order chi connectivity index (χ0) is 31.6. The number of hydrogen-bond acceptors (Lipinski definition) is 5. The average Bonchev–Trinajstić information content (AvgIpc) is 3.32. The lowest BCUT2D eigenvalue weighted by Crippen LogP contribution is -2.45. The Hall–Kier alpha value is -2.42. The highest BCUT2D eigenvalue weighted by Gasteiger charge is 2.61. The lowest BCUT2D eigenvalue weighted by Gasteiger charge is -2.43. The summed E-state index contributed by atoms with van der Waals surface area (Å²) in [5, 5.41) is 5.20. The maximum absolute atomic E-state index is 14.9. The molecule has 4 atom stereocenters. The number of carbonyl (C=O) groups excluding carboxylic acids is 1. The molecule has 2 aromatic rings.